The predicted molar refractivity (Wildman–Crippen MR) is 129 cm³/mol. The smallest absolute Gasteiger partial charge is 0.318 e. The van der Waals surface area contributed by atoms with Gasteiger partial charge in [-0.05, 0) is 36.1 Å². The van der Waals surface area contributed by atoms with E-state index in [1.165, 1.54) is 24.1 Å². The van der Waals surface area contributed by atoms with Crippen LogP contribution in [-0.2, 0) is 14.6 Å². The molecule has 0 aromatic heterocycles. The summed E-state index contributed by atoms with van der Waals surface area (Å²) in [4.78, 5) is 26.5. The molecule has 0 heterocycles. The molecule has 1 atom stereocenters. The van der Waals surface area contributed by atoms with Crippen LogP contribution >= 0.6 is 12.4 Å². The Bertz CT molecular complexity index is 1210. The van der Waals surface area contributed by atoms with Crippen molar-refractivity contribution in [1.29, 1.82) is 0 Å². The highest BCUT2D eigenvalue weighted by molar-refractivity contribution is 7.90. The Kier molecular flexibility index (Phi) is 8.24. The van der Waals surface area contributed by atoms with Crippen molar-refractivity contribution in [2.45, 2.75) is 17.9 Å². The minimum absolute atomic E-state index is 0. The van der Waals surface area contributed by atoms with E-state index in [4.69, 9.17) is 0 Å². The van der Waals surface area contributed by atoms with Gasteiger partial charge in [0.15, 0.2) is 9.84 Å². The Labute approximate surface area is 194 Å². The van der Waals surface area contributed by atoms with Crippen LogP contribution in [0, 0.1) is 0 Å². The van der Waals surface area contributed by atoms with E-state index in [0.29, 0.717) is 5.69 Å². The van der Waals surface area contributed by atoms with Crippen LogP contribution in [0.2, 0.25) is 0 Å². The zero-order chi connectivity index (χ0) is 22.6. The van der Waals surface area contributed by atoms with Gasteiger partial charge in [0.1, 0.15) is 6.54 Å². The number of rotatable bonds is 6. The highest BCUT2D eigenvalue weighted by atomic mass is 35.5. The van der Waals surface area contributed by atoms with Crippen molar-refractivity contribution in [2.24, 2.45) is 0 Å². The van der Waals surface area contributed by atoms with Crippen LogP contribution in [0.25, 0.3) is 10.8 Å². The van der Waals surface area contributed by atoms with Gasteiger partial charge < -0.3 is 15.5 Å². The van der Waals surface area contributed by atoms with Crippen molar-refractivity contribution in [3.05, 3.63) is 72.3 Å². The number of sulfone groups is 1. The minimum Gasteiger partial charge on any atom is -0.331 e. The zero-order valence-electron chi connectivity index (χ0n) is 18.0. The second-order valence-corrected chi connectivity index (χ2v) is 9.46. The first-order chi connectivity index (χ1) is 14.6. The van der Waals surface area contributed by atoms with Gasteiger partial charge in [-0.25, -0.2) is 13.2 Å². The van der Waals surface area contributed by atoms with Gasteiger partial charge in [-0.2, -0.15) is 0 Å². The van der Waals surface area contributed by atoms with E-state index in [0.717, 1.165) is 22.6 Å². The third kappa shape index (κ3) is 6.21. The number of carbonyl (C=O) groups excluding carboxylic acids is 2. The van der Waals surface area contributed by atoms with Gasteiger partial charge in [0.25, 0.3) is 0 Å². The largest absolute Gasteiger partial charge is 0.331 e. The number of carbonyl (C=O) groups is 2. The molecule has 3 amide bonds. The molecular weight excluding hydrogens is 450 g/mol. The molecule has 1 unspecified atom stereocenters. The second kappa shape index (κ2) is 10.5. The minimum atomic E-state index is -3.27. The number of amides is 3. The summed E-state index contributed by atoms with van der Waals surface area (Å²) >= 11 is 0. The number of hydrogen-bond acceptors (Lipinski definition) is 4. The first-order valence-corrected chi connectivity index (χ1v) is 11.6. The summed E-state index contributed by atoms with van der Waals surface area (Å²) in [5.74, 6) is -0.306. The number of anilines is 1. The average molecular weight is 476 g/mol. The summed E-state index contributed by atoms with van der Waals surface area (Å²) < 4.78 is 23.1. The highest BCUT2D eigenvalue weighted by Crippen LogP contribution is 2.23. The molecule has 0 saturated heterocycles. The lowest BCUT2D eigenvalue weighted by Crippen LogP contribution is -2.42. The van der Waals surface area contributed by atoms with Gasteiger partial charge in [-0.1, -0.05) is 48.5 Å². The molecule has 0 aliphatic heterocycles. The molecule has 2 N–H and O–H groups in total. The molecule has 0 saturated carbocycles. The maximum atomic E-state index is 12.5. The highest BCUT2D eigenvalue weighted by Gasteiger charge is 2.17. The number of fused-ring (bicyclic) bond motifs is 1. The number of likely N-dealkylation sites (N-methyl/N-ethyl adjacent to an activating group) is 1. The van der Waals surface area contributed by atoms with Gasteiger partial charge in [0.05, 0.1) is 10.9 Å². The number of hydrogen-bond donors (Lipinski definition) is 2. The van der Waals surface area contributed by atoms with Crippen LogP contribution in [0.3, 0.4) is 0 Å². The molecule has 0 radical (unpaired) electrons. The summed E-state index contributed by atoms with van der Waals surface area (Å²) in [5.41, 5.74) is 1.45. The molecule has 0 aliphatic carbocycles. The molecular formula is C23H26ClN3O4S. The number of halogens is 1. The first-order valence-electron chi connectivity index (χ1n) is 9.74. The first kappa shape index (κ1) is 25.2. The molecule has 0 fully saturated rings. The third-order valence-corrected chi connectivity index (χ3v) is 6.07. The number of benzene rings is 3. The van der Waals surface area contributed by atoms with Crippen molar-refractivity contribution in [2.75, 3.05) is 25.2 Å². The van der Waals surface area contributed by atoms with Crippen LogP contribution < -0.4 is 10.6 Å². The molecule has 7 nitrogen and oxygen atoms in total. The number of nitrogens with one attached hydrogen (secondary N) is 2. The molecule has 3 rings (SSSR count). The summed E-state index contributed by atoms with van der Waals surface area (Å²) in [7, 11) is -1.74. The fourth-order valence-corrected chi connectivity index (χ4v) is 3.82. The maximum absolute atomic E-state index is 12.5. The van der Waals surface area contributed by atoms with Crippen LogP contribution in [0.15, 0.2) is 71.6 Å². The normalized spacial score (nSPS) is 11.8. The molecule has 9 heteroatoms. The van der Waals surface area contributed by atoms with Gasteiger partial charge >= 0.3 is 6.03 Å². The molecule has 0 spiro atoms. The van der Waals surface area contributed by atoms with Crippen molar-refractivity contribution < 1.29 is 18.0 Å². The van der Waals surface area contributed by atoms with Crippen LogP contribution in [0.5, 0.6) is 0 Å². The predicted octanol–water partition coefficient (Wildman–Crippen LogP) is 4.01. The quantitative estimate of drug-likeness (QED) is 0.563. The van der Waals surface area contributed by atoms with Gasteiger partial charge in [0, 0.05) is 24.4 Å². The second-order valence-electron chi connectivity index (χ2n) is 7.44. The van der Waals surface area contributed by atoms with E-state index < -0.39 is 15.9 Å². The number of urea groups is 1. The topological polar surface area (TPSA) is 95.6 Å². The summed E-state index contributed by atoms with van der Waals surface area (Å²) in [6, 6.07) is 19.0. The monoisotopic (exact) mass is 475 g/mol. The molecule has 3 aromatic rings. The van der Waals surface area contributed by atoms with Gasteiger partial charge in [-0.15, -0.1) is 12.4 Å². The van der Waals surface area contributed by atoms with Crippen molar-refractivity contribution in [1.82, 2.24) is 10.2 Å². The van der Waals surface area contributed by atoms with E-state index in [1.54, 1.807) is 19.1 Å². The van der Waals surface area contributed by atoms with Gasteiger partial charge in [-0.3, -0.25) is 4.79 Å². The molecule has 0 bridgehead atoms. The molecule has 3 aromatic carbocycles. The molecule has 32 heavy (non-hydrogen) atoms. The van der Waals surface area contributed by atoms with Gasteiger partial charge in [0.2, 0.25) is 5.91 Å². The Morgan fingerprint density at radius 3 is 2.25 bits per heavy atom. The Balaban J connectivity index is 0.00000363. The number of nitrogens with zero attached hydrogens (tertiary/aromatic N) is 1. The Morgan fingerprint density at radius 1 is 0.969 bits per heavy atom. The van der Waals surface area contributed by atoms with E-state index in [-0.39, 0.29) is 35.8 Å². The SMILES string of the molecule is CC(NC(=O)N(C)CC(=O)Nc1cccc2ccccc12)c1ccc(S(C)(=O)=O)cc1.Cl. The maximum Gasteiger partial charge on any atom is 0.318 e. The lowest BCUT2D eigenvalue weighted by Gasteiger charge is -2.21. The van der Waals surface area contributed by atoms with Crippen LogP contribution in [-0.4, -0.2) is 45.1 Å². The van der Waals surface area contributed by atoms with Crippen LogP contribution in [0.1, 0.15) is 18.5 Å². The van der Waals surface area contributed by atoms with Crippen molar-refractivity contribution in [3.63, 3.8) is 0 Å². The lowest BCUT2D eigenvalue weighted by atomic mass is 10.1. The molecule has 170 valence electrons. The van der Waals surface area contributed by atoms with Crippen LogP contribution in [0.4, 0.5) is 10.5 Å². The fraction of sp³-hybridized carbons (Fsp3) is 0.217. The molecule has 0 aliphatic rings. The Hall–Kier alpha value is -3.10. The van der Waals surface area contributed by atoms with E-state index in [2.05, 4.69) is 10.6 Å². The average Bonchev–Trinajstić information content (AvgIpc) is 2.73. The Morgan fingerprint density at radius 2 is 1.59 bits per heavy atom. The van der Waals surface area contributed by atoms with E-state index >= 15 is 0 Å². The standard InChI is InChI=1S/C23H25N3O4S.ClH/c1-16(17-11-13-19(14-12-17)31(3,29)30)24-23(28)26(2)15-22(27)25-21-10-6-8-18-7-4-5-9-20(18)21;/h4-14,16H,15H2,1-3H3,(H,24,28)(H,25,27);1H. The summed E-state index contributed by atoms with van der Waals surface area (Å²) in [5, 5.41) is 7.61. The van der Waals surface area contributed by atoms with E-state index in [1.807, 2.05) is 42.5 Å². The fourth-order valence-electron chi connectivity index (χ4n) is 3.19. The lowest BCUT2D eigenvalue weighted by molar-refractivity contribution is -0.116. The summed E-state index contributed by atoms with van der Waals surface area (Å²) in [6.45, 7) is 1.67. The van der Waals surface area contributed by atoms with E-state index in [9.17, 15) is 18.0 Å². The third-order valence-electron chi connectivity index (χ3n) is 4.94. The summed E-state index contributed by atoms with van der Waals surface area (Å²) in [6.07, 6.45) is 1.14. The van der Waals surface area contributed by atoms with Crippen molar-refractivity contribution >= 4 is 50.6 Å². The van der Waals surface area contributed by atoms with Crippen molar-refractivity contribution in [3.8, 4) is 0 Å². The zero-order valence-corrected chi connectivity index (χ0v) is 19.7.